The second-order valence-corrected chi connectivity index (χ2v) is 16.5. The summed E-state index contributed by atoms with van der Waals surface area (Å²) in [6.07, 6.45) is 12.9. The highest BCUT2D eigenvalue weighted by Crippen LogP contribution is 2.67. The maximum atomic E-state index is 11.6. The van der Waals surface area contributed by atoms with Crippen molar-refractivity contribution >= 4 is 0 Å². The molecule has 0 aromatic heterocycles. The summed E-state index contributed by atoms with van der Waals surface area (Å²) in [5, 5.41) is 21.5. The quantitative estimate of drug-likeness (QED) is 0.186. The second-order valence-electron chi connectivity index (χ2n) is 16.5. The zero-order valence-corrected chi connectivity index (χ0v) is 26.2. The summed E-state index contributed by atoms with van der Waals surface area (Å²) >= 11 is 0. The van der Waals surface area contributed by atoms with Gasteiger partial charge in [0.15, 0.2) is 0 Å². The molecule has 0 aromatic rings. The number of fused-ring (bicyclic) bond motifs is 4. The van der Waals surface area contributed by atoms with Crippen LogP contribution in [-0.2, 0) is 9.68 Å². The fraction of sp³-hybridized carbons (Fsp3) is 1.00. The highest BCUT2D eigenvalue weighted by atomic mass is 17.0. The van der Waals surface area contributed by atoms with Gasteiger partial charge in [0, 0.05) is 6.04 Å². The molecule has 0 spiro atoms. The van der Waals surface area contributed by atoms with Gasteiger partial charge in [0.25, 0.3) is 10.2 Å². The van der Waals surface area contributed by atoms with Gasteiger partial charge in [-0.25, -0.2) is 0 Å². The Bertz CT molecular complexity index is 965. The standard InChI is InChI=1S/C31H56N4O6/c1-6-26(41-35(38)39)31-12-23(3)11-29(20-31,17-27(4,19-31)7-8-32)16-25(33)15-28(5)13-24-9-22(2)10-30(14-24,18-28)21-40-34(36)37/h22-26H,6-21,32-33H2,1-5H3. The maximum absolute atomic E-state index is 11.6. The van der Waals surface area contributed by atoms with Gasteiger partial charge in [-0.2, -0.15) is 0 Å². The van der Waals surface area contributed by atoms with E-state index in [-0.39, 0.29) is 39.7 Å². The van der Waals surface area contributed by atoms with E-state index in [1.165, 1.54) is 6.42 Å². The van der Waals surface area contributed by atoms with Gasteiger partial charge in [0.1, 0.15) is 12.7 Å². The van der Waals surface area contributed by atoms with E-state index in [1.54, 1.807) is 0 Å². The summed E-state index contributed by atoms with van der Waals surface area (Å²) in [6, 6.07) is -0.00975. The van der Waals surface area contributed by atoms with E-state index in [0.29, 0.717) is 30.7 Å². The van der Waals surface area contributed by atoms with Crippen molar-refractivity contribution in [3.63, 3.8) is 0 Å². The molecule has 0 saturated heterocycles. The molecular formula is C31H56N4O6. The summed E-state index contributed by atoms with van der Waals surface area (Å²) in [5.41, 5.74) is 12.8. The van der Waals surface area contributed by atoms with Crippen molar-refractivity contribution in [3.05, 3.63) is 20.2 Å². The van der Waals surface area contributed by atoms with Crippen molar-refractivity contribution in [1.82, 2.24) is 0 Å². The molecule has 4 rings (SSSR count). The van der Waals surface area contributed by atoms with Gasteiger partial charge < -0.3 is 21.1 Å². The molecule has 4 fully saturated rings. The van der Waals surface area contributed by atoms with E-state index in [9.17, 15) is 20.2 Å². The largest absolute Gasteiger partial charge is 0.330 e. The van der Waals surface area contributed by atoms with Crippen LogP contribution in [0.25, 0.3) is 0 Å². The Morgan fingerprint density at radius 2 is 1.56 bits per heavy atom. The predicted molar refractivity (Wildman–Crippen MR) is 157 cm³/mol. The lowest BCUT2D eigenvalue weighted by atomic mass is 9.43. The molecule has 4 aliphatic carbocycles. The monoisotopic (exact) mass is 580 g/mol. The van der Waals surface area contributed by atoms with Crippen LogP contribution in [-0.4, -0.2) is 35.5 Å². The third kappa shape index (κ3) is 7.28. The van der Waals surface area contributed by atoms with Crippen molar-refractivity contribution in [1.29, 1.82) is 0 Å². The van der Waals surface area contributed by atoms with Crippen LogP contribution >= 0.6 is 0 Å². The topological polar surface area (TPSA) is 157 Å². The summed E-state index contributed by atoms with van der Waals surface area (Å²) in [4.78, 5) is 33.1. The number of nitrogens with zero attached hydrogens (tertiary/aromatic N) is 2. The summed E-state index contributed by atoms with van der Waals surface area (Å²) < 4.78 is 0. The van der Waals surface area contributed by atoms with Crippen LogP contribution in [0.2, 0.25) is 0 Å². The molecule has 236 valence electrons. The first-order chi connectivity index (χ1) is 19.1. The van der Waals surface area contributed by atoms with Gasteiger partial charge in [-0.15, -0.1) is 20.2 Å². The highest BCUT2D eigenvalue weighted by Gasteiger charge is 2.60. The summed E-state index contributed by atoms with van der Waals surface area (Å²) in [6.45, 7) is 12.0. The fourth-order valence-electron chi connectivity index (χ4n) is 12.2. The molecule has 4 aliphatic rings. The molecule has 0 aromatic carbocycles. The zero-order chi connectivity index (χ0) is 30.3. The van der Waals surface area contributed by atoms with Crippen molar-refractivity contribution in [3.8, 4) is 0 Å². The van der Waals surface area contributed by atoms with Crippen LogP contribution in [0.3, 0.4) is 0 Å². The Labute approximate surface area is 246 Å². The molecule has 4 saturated carbocycles. The lowest BCUT2D eigenvalue weighted by Crippen LogP contribution is -2.57. The van der Waals surface area contributed by atoms with Gasteiger partial charge in [-0.05, 0) is 141 Å². The molecule has 10 atom stereocenters. The number of nitrogens with two attached hydrogens (primary N) is 2. The molecule has 10 nitrogen and oxygen atoms in total. The van der Waals surface area contributed by atoms with Gasteiger partial charge in [-0.1, -0.05) is 34.6 Å². The van der Waals surface area contributed by atoms with Crippen molar-refractivity contribution < 1.29 is 19.8 Å². The van der Waals surface area contributed by atoms with Crippen LogP contribution in [0.5, 0.6) is 0 Å². The Hall–Kier alpha value is -1.68. The van der Waals surface area contributed by atoms with E-state index in [0.717, 1.165) is 77.0 Å². The highest BCUT2D eigenvalue weighted by molar-refractivity contribution is 5.10. The third-order valence-electron chi connectivity index (χ3n) is 11.6. The minimum Gasteiger partial charge on any atom is -0.330 e. The van der Waals surface area contributed by atoms with E-state index >= 15 is 0 Å². The normalized spacial score (nSPS) is 43.5. The number of hydrogen-bond acceptors (Lipinski definition) is 8. The van der Waals surface area contributed by atoms with Crippen LogP contribution in [0.15, 0.2) is 0 Å². The Kier molecular flexibility index (Phi) is 9.26. The van der Waals surface area contributed by atoms with Gasteiger partial charge in [0.05, 0.1) is 0 Å². The molecule has 41 heavy (non-hydrogen) atoms. The lowest BCUT2D eigenvalue weighted by Gasteiger charge is -2.62. The minimum absolute atomic E-state index is 0.00550. The van der Waals surface area contributed by atoms with Gasteiger partial charge in [-0.3, -0.25) is 0 Å². The van der Waals surface area contributed by atoms with Crippen LogP contribution in [0.4, 0.5) is 0 Å². The predicted octanol–water partition coefficient (Wildman–Crippen LogP) is 6.45. The minimum atomic E-state index is -0.635. The molecule has 0 amide bonds. The Morgan fingerprint density at radius 1 is 0.878 bits per heavy atom. The maximum Gasteiger partial charge on any atom is 0.294 e. The molecule has 0 aliphatic heterocycles. The zero-order valence-electron chi connectivity index (χ0n) is 26.2. The van der Waals surface area contributed by atoms with Crippen LogP contribution < -0.4 is 11.5 Å². The Balaban J connectivity index is 1.57. The van der Waals surface area contributed by atoms with E-state index < -0.39 is 16.3 Å². The number of rotatable bonds is 13. The van der Waals surface area contributed by atoms with Crippen LogP contribution in [0, 0.1) is 65.1 Å². The Morgan fingerprint density at radius 3 is 2.20 bits per heavy atom. The average molecular weight is 581 g/mol. The van der Waals surface area contributed by atoms with Crippen molar-refractivity contribution in [2.24, 2.45) is 56.3 Å². The van der Waals surface area contributed by atoms with Gasteiger partial charge in [0.2, 0.25) is 0 Å². The summed E-state index contributed by atoms with van der Waals surface area (Å²) in [7, 11) is 0. The van der Waals surface area contributed by atoms with E-state index in [2.05, 4.69) is 27.7 Å². The molecule has 10 unspecified atom stereocenters. The van der Waals surface area contributed by atoms with Crippen molar-refractivity contribution in [2.75, 3.05) is 13.2 Å². The molecule has 0 radical (unpaired) electrons. The fourth-order valence-corrected chi connectivity index (χ4v) is 12.2. The number of hydrogen-bond donors (Lipinski definition) is 2. The molecule has 4 bridgehead atoms. The summed E-state index contributed by atoms with van der Waals surface area (Å²) in [5.74, 6) is 1.54. The van der Waals surface area contributed by atoms with E-state index in [4.69, 9.17) is 21.1 Å². The lowest BCUT2D eigenvalue weighted by molar-refractivity contribution is -0.773. The smallest absolute Gasteiger partial charge is 0.294 e. The SMILES string of the molecule is CCC(O[N+](=O)[O-])C12CC(C)CC(CC(N)CC3(C)CC4CC(C)CC(CO[N+](=O)[O-])(C4)C3)(CC(C)(CCN)C1)C2. The first-order valence-electron chi connectivity index (χ1n) is 16.1. The molecule has 0 heterocycles. The molecule has 10 heteroatoms. The first kappa shape index (κ1) is 32.2. The van der Waals surface area contributed by atoms with Gasteiger partial charge >= 0.3 is 0 Å². The molecular weight excluding hydrogens is 524 g/mol. The van der Waals surface area contributed by atoms with E-state index in [1.807, 2.05) is 6.92 Å². The van der Waals surface area contributed by atoms with Crippen LogP contribution in [0.1, 0.15) is 125 Å². The third-order valence-corrected chi connectivity index (χ3v) is 11.6. The average Bonchev–Trinajstić information content (AvgIpc) is 2.78. The van der Waals surface area contributed by atoms with Crippen molar-refractivity contribution in [2.45, 2.75) is 137 Å². The molecule has 4 N–H and O–H groups in total. The second kappa shape index (κ2) is 11.8. The first-order valence-corrected chi connectivity index (χ1v) is 16.1.